The van der Waals surface area contributed by atoms with Crippen LogP contribution in [0.4, 0.5) is 4.79 Å². The quantitative estimate of drug-likeness (QED) is 0.0594. The molecule has 4 aromatic rings. The van der Waals surface area contributed by atoms with Crippen molar-refractivity contribution in [3.8, 4) is 5.75 Å². The number of urea groups is 1. The van der Waals surface area contributed by atoms with Crippen molar-refractivity contribution in [2.24, 2.45) is 5.92 Å². The number of fused-ring (bicyclic) bond motifs is 1. The molecule has 1 aliphatic rings. The molecular formula is C48H62N8O9. The van der Waals surface area contributed by atoms with Gasteiger partial charge in [0.05, 0.1) is 0 Å². The lowest BCUT2D eigenvalue weighted by Crippen LogP contribution is -2.58. The molecule has 0 saturated carbocycles. The van der Waals surface area contributed by atoms with Gasteiger partial charge in [-0.2, -0.15) is 0 Å². The molecule has 7 amide bonds. The molecule has 5 atom stereocenters. The number of aromatic amines is 1. The second-order valence-electron chi connectivity index (χ2n) is 17.0. The Balaban J connectivity index is 1.21. The molecule has 5 unspecified atom stereocenters. The first-order chi connectivity index (χ1) is 31.2. The molecule has 17 heteroatoms. The minimum atomic E-state index is -1.29. The maximum absolute atomic E-state index is 14.0. The van der Waals surface area contributed by atoms with Gasteiger partial charge in [0.1, 0.15) is 36.0 Å². The number of aromatic hydroxyl groups is 1. The van der Waals surface area contributed by atoms with Gasteiger partial charge in [0, 0.05) is 62.4 Å². The van der Waals surface area contributed by atoms with Crippen molar-refractivity contribution in [2.45, 2.75) is 109 Å². The summed E-state index contributed by atoms with van der Waals surface area (Å²) in [7, 11) is 0. The average molecular weight is 895 g/mol. The zero-order chi connectivity index (χ0) is 46.9. The Morgan fingerprint density at radius 2 is 1.22 bits per heavy atom. The number of carbonyl (C=O) groups excluding carboxylic acids is 6. The zero-order valence-corrected chi connectivity index (χ0v) is 37.2. The zero-order valence-electron chi connectivity index (χ0n) is 37.2. The lowest BCUT2D eigenvalue weighted by molar-refractivity contribution is -0.142. The first kappa shape index (κ1) is 49.1. The van der Waals surface area contributed by atoms with Crippen molar-refractivity contribution in [1.82, 2.24) is 41.8 Å². The van der Waals surface area contributed by atoms with Crippen LogP contribution in [-0.2, 0) is 48.0 Å². The molecule has 0 radical (unpaired) electrons. The summed E-state index contributed by atoms with van der Waals surface area (Å²) in [5.74, 6) is -4.35. The molecule has 1 saturated heterocycles. The van der Waals surface area contributed by atoms with Gasteiger partial charge < -0.3 is 52.0 Å². The Morgan fingerprint density at radius 3 is 1.89 bits per heavy atom. The SMILES string of the molecule is CC(C)CC(NC(=O)N1CCCCCC1)C(=O)NC(Cc1c[nH]c2ccccc12)C(=O)NC(C)C(=O)NCCC(=O)NC(Cc1ccc(O)cc1)C(=O)NC(Cc1ccccc1)C(=O)O. The van der Waals surface area contributed by atoms with Gasteiger partial charge in [-0.3, -0.25) is 24.0 Å². The molecule has 65 heavy (non-hydrogen) atoms. The largest absolute Gasteiger partial charge is 0.508 e. The number of carboxylic acid groups (broad SMARTS) is 1. The fraction of sp³-hybridized carbons (Fsp3) is 0.438. The van der Waals surface area contributed by atoms with Crippen molar-refractivity contribution in [1.29, 1.82) is 0 Å². The number of aliphatic carboxylic acids is 1. The summed E-state index contributed by atoms with van der Waals surface area (Å²) in [5, 5.41) is 36.8. The number of hydrogen-bond donors (Lipinski definition) is 9. The standard InChI is InChI=1S/C48H62N8O9/c1-30(2)25-38(55-48(65)56-23-11-4-5-12-24-56)45(61)53-40(28-34-29-50-37-16-10-9-15-36(34)37)44(60)51-31(3)43(59)49-22-21-42(58)52-39(26-33-17-19-35(57)20-18-33)46(62)54-41(47(63)64)27-32-13-7-6-8-14-32/h6-10,13-20,29-31,38-41,50,57H,4-5,11-12,21-28H2,1-3H3,(H,49,59)(H,51,60)(H,52,58)(H,53,61)(H,54,62)(H,55,65)(H,63,64). The van der Waals surface area contributed by atoms with Crippen LogP contribution >= 0.6 is 0 Å². The smallest absolute Gasteiger partial charge is 0.326 e. The van der Waals surface area contributed by atoms with Crippen LogP contribution in [0.3, 0.4) is 0 Å². The molecule has 17 nitrogen and oxygen atoms in total. The van der Waals surface area contributed by atoms with Gasteiger partial charge in [-0.1, -0.05) is 87.4 Å². The molecular weight excluding hydrogens is 833 g/mol. The van der Waals surface area contributed by atoms with Crippen molar-refractivity contribution < 1.29 is 43.8 Å². The third kappa shape index (κ3) is 15.4. The van der Waals surface area contributed by atoms with E-state index in [2.05, 4.69) is 36.9 Å². The fourth-order valence-corrected chi connectivity index (χ4v) is 7.72. The highest BCUT2D eigenvalue weighted by Crippen LogP contribution is 2.20. The number of carboxylic acids is 1. The van der Waals surface area contributed by atoms with E-state index >= 15 is 0 Å². The van der Waals surface area contributed by atoms with E-state index in [0.717, 1.165) is 42.1 Å². The average Bonchev–Trinajstić information content (AvgIpc) is 3.47. The summed E-state index contributed by atoms with van der Waals surface area (Å²) in [6.45, 7) is 6.37. The third-order valence-electron chi connectivity index (χ3n) is 11.3. The van der Waals surface area contributed by atoms with Crippen LogP contribution in [0.25, 0.3) is 10.9 Å². The van der Waals surface area contributed by atoms with E-state index in [0.29, 0.717) is 30.6 Å². The summed E-state index contributed by atoms with van der Waals surface area (Å²) < 4.78 is 0. The van der Waals surface area contributed by atoms with Crippen molar-refractivity contribution >= 4 is 52.4 Å². The number of amides is 7. The molecule has 0 aliphatic carbocycles. The van der Waals surface area contributed by atoms with Crippen LogP contribution in [0.2, 0.25) is 0 Å². The molecule has 0 bridgehead atoms. The van der Waals surface area contributed by atoms with Crippen LogP contribution in [-0.4, -0.2) is 111 Å². The minimum absolute atomic E-state index is 0.00225. The normalized spacial score (nSPS) is 15.0. The van der Waals surface area contributed by atoms with Crippen molar-refractivity contribution in [2.75, 3.05) is 19.6 Å². The Hall–Kier alpha value is -6.91. The van der Waals surface area contributed by atoms with Crippen LogP contribution in [0.1, 0.15) is 76.0 Å². The van der Waals surface area contributed by atoms with Gasteiger partial charge in [-0.25, -0.2) is 9.59 Å². The lowest BCUT2D eigenvalue weighted by atomic mass is 10.0. The Bertz CT molecular complexity index is 2240. The van der Waals surface area contributed by atoms with Crippen LogP contribution in [0.5, 0.6) is 5.75 Å². The predicted molar refractivity (Wildman–Crippen MR) is 244 cm³/mol. The number of para-hydroxylation sites is 1. The maximum Gasteiger partial charge on any atom is 0.326 e. The first-order valence-electron chi connectivity index (χ1n) is 22.3. The topological polar surface area (TPSA) is 251 Å². The second kappa shape index (κ2) is 24.2. The highest BCUT2D eigenvalue weighted by atomic mass is 16.4. The number of aromatic nitrogens is 1. The predicted octanol–water partition coefficient (Wildman–Crippen LogP) is 3.45. The van der Waals surface area contributed by atoms with Gasteiger partial charge in [0.15, 0.2) is 0 Å². The number of phenolic OH excluding ortho intramolecular Hbond substituents is 1. The van der Waals surface area contributed by atoms with Crippen LogP contribution in [0, 0.1) is 5.92 Å². The fourth-order valence-electron chi connectivity index (χ4n) is 7.72. The van der Waals surface area contributed by atoms with Gasteiger partial charge >= 0.3 is 12.0 Å². The number of carbonyl (C=O) groups is 7. The van der Waals surface area contributed by atoms with E-state index < -0.39 is 65.7 Å². The van der Waals surface area contributed by atoms with E-state index in [9.17, 15) is 43.8 Å². The highest BCUT2D eigenvalue weighted by Gasteiger charge is 2.32. The molecule has 1 aromatic heterocycles. The monoisotopic (exact) mass is 894 g/mol. The molecule has 348 valence electrons. The highest BCUT2D eigenvalue weighted by molar-refractivity contribution is 5.95. The molecule has 5 rings (SSSR count). The molecule has 9 N–H and O–H groups in total. The van der Waals surface area contributed by atoms with E-state index in [4.69, 9.17) is 0 Å². The van der Waals surface area contributed by atoms with Crippen LogP contribution < -0.4 is 31.9 Å². The van der Waals surface area contributed by atoms with E-state index in [1.807, 2.05) is 38.1 Å². The summed E-state index contributed by atoms with van der Waals surface area (Å²) in [4.78, 5) is 98.4. The summed E-state index contributed by atoms with van der Waals surface area (Å²) in [5.41, 5.74) is 2.87. The number of phenols is 1. The Kier molecular flexibility index (Phi) is 18.3. The van der Waals surface area contributed by atoms with Crippen molar-refractivity contribution in [3.63, 3.8) is 0 Å². The van der Waals surface area contributed by atoms with E-state index in [1.165, 1.54) is 19.1 Å². The third-order valence-corrected chi connectivity index (χ3v) is 11.3. The minimum Gasteiger partial charge on any atom is -0.508 e. The summed E-state index contributed by atoms with van der Waals surface area (Å²) in [6, 6.07) is 16.3. The molecule has 1 aliphatic heterocycles. The summed E-state index contributed by atoms with van der Waals surface area (Å²) >= 11 is 0. The number of H-pyrrole nitrogens is 1. The lowest BCUT2D eigenvalue weighted by Gasteiger charge is -2.28. The molecule has 2 heterocycles. The second-order valence-corrected chi connectivity index (χ2v) is 17.0. The Morgan fingerprint density at radius 1 is 0.631 bits per heavy atom. The van der Waals surface area contributed by atoms with Gasteiger partial charge in [-0.05, 0) is 67.0 Å². The van der Waals surface area contributed by atoms with E-state index in [1.54, 1.807) is 53.6 Å². The number of hydrogen-bond acceptors (Lipinski definition) is 8. The molecule has 0 spiro atoms. The molecule has 1 fully saturated rings. The number of benzene rings is 3. The summed E-state index contributed by atoms with van der Waals surface area (Å²) in [6.07, 6.45) is 5.72. The van der Waals surface area contributed by atoms with Gasteiger partial charge in [0.2, 0.25) is 29.5 Å². The van der Waals surface area contributed by atoms with Crippen molar-refractivity contribution in [3.05, 3.63) is 102 Å². The van der Waals surface area contributed by atoms with E-state index in [-0.39, 0.29) is 49.9 Å². The van der Waals surface area contributed by atoms with Gasteiger partial charge in [0.25, 0.3) is 0 Å². The number of nitrogens with zero attached hydrogens (tertiary/aromatic N) is 1. The number of likely N-dealkylation sites (tertiary alicyclic amines) is 1. The van der Waals surface area contributed by atoms with Gasteiger partial charge in [-0.15, -0.1) is 0 Å². The maximum atomic E-state index is 14.0. The first-order valence-corrected chi connectivity index (χ1v) is 22.3. The Labute approximate surface area is 378 Å². The van der Waals surface area contributed by atoms with Crippen LogP contribution in [0.15, 0.2) is 85.1 Å². The number of rotatable bonds is 21. The number of nitrogens with one attached hydrogen (secondary N) is 7. The molecule has 3 aromatic carbocycles.